The summed E-state index contributed by atoms with van der Waals surface area (Å²) in [6, 6.07) is 6.80. The van der Waals surface area contributed by atoms with Gasteiger partial charge in [0.2, 0.25) is 5.91 Å². The van der Waals surface area contributed by atoms with E-state index in [0.29, 0.717) is 17.2 Å². The minimum atomic E-state index is -0.331. The van der Waals surface area contributed by atoms with Gasteiger partial charge < -0.3 is 4.74 Å². The highest BCUT2D eigenvalue weighted by Gasteiger charge is 2.39. The van der Waals surface area contributed by atoms with Crippen LogP contribution >= 0.6 is 0 Å². The van der Waals surface area contributed by atoms with Crippen molar-refractivity contribution in [2.45, 2.75) is 33.3 Å². The van der Waals surface area contributed by atoms with Crippen molar-refractivity contribution in [3.05, 3.63) is 29.8 Å². The molecule has 5 nitrogen and oxygen atoms in total. The maximum atomic E-state index is 11.8. The monoisotopic (exact) mass is 276 g/mol. The van der Waals surface area contributed by atoms with Gasteiger partial charge in [0.1, 0.15) is 5.75 Å². The normalized spacial score (nSPS) is 20.4. The van der Waals surface area contributed by atoms with E-state index >= 15 is 0 Å². The lowest BCUT2D eigenvalue weighted by atomic mass is 10.2. The predicted molar refractivity (Wildman–Crippen MR) is 75.1 cm³/mol. The Morgan fingerprint density at radius 1 is 1.20 bits per heavy atom. The molecular weight excluding hydrogens is 256 g/mol. The number of ether oxygens (including phenoxy) is 1. The Balaban J connectivity index is 1.84. The first-order chi connectivity index (χ1) is 9.47. The van der Waals surface area contributed by atoms with Gasteiger partial charge in [-0.25, -0.2) is 0 Å². The molecule has 1 aromatic carbocycles. The molecule has 0 radical (unpaired) electrons. The molecule has 1 fully saturated rings. The van der Waals surface area contributed by atoms with Crippen molar-refractivity contribution in [1.29, 1.82) is 0 Å². The van der Waals surface area contributed by atoms with E-state index < -0.39 is 0 Å². The van der Waals surface area contributed by atoms with Crippen LogP contribution in [0.1, 0.15) is 37.6 Å². The average Bonchev–Trinajstić information content (AvgIpc) is 3.13. The van der Waals surface area contributed by atoms with E-state index in [0.717, 1.165) is 6.42 Å². The van der Waals surface area contributed by atoms with E-state index in [2.05, 4.69) is 10.9 Å². The molecule has 5 heteroatoms. The zero-order valence-electron chi connectivity index (χ0n) is 12.0. The fourth-order valence-corrected chi connectivity index (χ4v) is 1.93. The molecule has 2 atom stereocenters. The van der Waals surface area contributed by atoms with Crippen molar-refractivity contribution < 1.29 is 14.3 Å². The molecule has 108 valence electrons. The number of benzene rings is 1. The SMILES string of the molecule is CC(C)Oc1ccc(C(=O)NNC(=O)[C@@H]2C[C@@H]2C)cc1. The second kappa shape index (κ2) is 5.94. The number of rotatable bonds is 4. The van der Waals surface area contributed by atoms with Crippen LogP contribution in [0, 0.1) is 11.8 Å². The van der Waals surface area contributed by atoms with Crippen LogP contribution in [0.5, 0.6) is 5.75 Å². The molecular formula is C15H20N2O3. The van der Waals surface area contributed by atoms with E-state index in [1.165, 1.54) is 0 Å². The number of hydrazine groups is 1. The maximum absolute atomic E-state index is 11.8. The number of hydrogen-bond donors (Lipinski definition) is 2. The molecule has 0 saturated heterocycles. The summed E-state index contributed by atoms with van der Waals surface area (Å²) in [6.07, 6.45) is 0.984. The van der Waals surface area contributed by atoms with E-state index in [1.54, 1.807) is 24.3 Å². The Labute approximate surface area is 118 Å². The first-order valence-corrected chi connectivity index (χ1v) is 6.84. The molecule has 0 unspecified atom stereocenters. The topological polar surface area (TPSA) is 67.4 Å². The number of carbonyl (C=O) groups is 2. The highest BCUT2D eigenvalue weighted by Crippen LogP contribution is 2.37. The minimum Gasteiger partial charge on any atom is -0.491 e. The van der Waals surface area contributed by atoms with Crippen molar-refractivity contribution in [2.24, 2.45) is 11.8 Å². The fourth-order valence-electron chi connectivity index (χ4n) is 1.93. The molecule has 1 saturated carbocycles. The van der Waals surface area contributed by atoms with E-state index in [1.807, 2.05) is 20.8 Å². The van der Waals surface area contributed by atoms with Gasteiger partial charge in [0.15, 0.2) is 0 Å². The molecule has 20 heavy (non-hydrogen) atoms. The second-order valence-corrected chi connectivity index (χ2v) is 5.45. The molecule has 1 aliphatic rings. The van der Waals surface area contributed by atoms with Crippen LogP contribution in [-0.2, 0) is 4.79 Å². The van der Waals surface area contributed by atoms with Crippen LogP contribution in [0.2, 0.25) is 0 Å². The minimum absolute atomic E-state index is 0.0390. The third kappa shape index (κ3) is 3.73. The van der Waals surface area contributed by atoms with Gasteiger partial charge in [-0.05, 0) is 50.5 Å². The fraction of sp³-hybridized carbons (Fsp3) is 0.467. The van der Waals surface area contributed by atoms with Gasteiger partial charge in [-0.3, -0.25) is 20.4 Å². The largest absolute Gasteiger partial charge is 0.491 e. The zero-order chi connectivity index (χ0) is 14.7. The highest BCUT2D eigenvalue weighted by molar-refractivity contribution is 5.95. The summed E-state index contributed by atoms with van der Waals surface area (Å²) in [7, 11) is 0. The van der Waals surface area contributed by atoms with E-state index in [4.69, 9.17) is 4.74 Å². The number of hydrogen-bond acceptors (Lipinski definition) is 3. The highest BCUT2D eigenvalue weighted by atomic mass is 16.5. The van der Waals surface area contributed by atoms with Gasteiger partial charge in [-0.15, -0.1) is 0 Å². The Morgan fingerprint density at radius 3 is 2.30 bits per heavy atom. The quantitative estimate of drug-likeness (QED) is 0.825. The summed E-state index contributed by atoms with van der Waals surface area (Å²) in [5, 5.41) is 0. The first-order valence-electron chi connectivity index (χ1n) is 6.84. The first kappa shape index (κ1) is 14.4. The van der Waals surface area contributed by atoms with Crippen LogP contribution in [0.4, 0.5) is 0 Å². The van der Waals surface area contributed by atoms with Crippen molar-refractivity contribution in [3.63, 3.8) is 0 Å². The lowest BCUT2D eigenvalue weighted by Crippen LogP contribution is -2.42. The van der Waals surface area contributed by atoms with Crippen LogP contribution in [-0.4, -0.2) is 17.9 Å². The number of nitrogens with one attached hydrogen (secondary N) is 2. The Bertz CT molecular complexity index is 496. The van der Waals surface area contributed by atoms with Crippen molar-refractivity contribution >= 4 is 11.8 Å². The third-order valence-corrected chi connectivity index (χ3v) is 3.23. The summed E-state index contributed by atoms with van der Waals surface area (Å²) in [5.74, 6) is 0.720. The third-order valence-electron chi connectivity index (χ3n) is 3.23. The van der Waals surface area contributed by atoms with E-state index in [9.17, 15) is 9.59 Å². The average molecular weight is 276 g/mol. The van der Waals surface area contributed by atoms with Gasteiger partial charge in [0.05, 0.1) is 6.10 Å². The Kier molecular flexibility index (Phi) is 4.27. The second-order valence-electron chi connectivity index (χ2n) is 5.45. The van der Waals surface area contributed by atoms with Crippen molar-refractivity contribution in [1.82, 2.24) is 10.9 Å². The van der Waals surface area contributed by atoms with Crippen LogP contribution in [0.3, 0.4) is 0 Å². The molecule has 0 spiro atoms. The molecule has 0 bridgehead atoms. The number of amides is 2. The molecule has 1 aliphatic carbocycles. The molecule has 1 aromatic rings. The molecule has 0 aromatic heterocycles. The molecule has 0 aliphatic heterocycles. The summed E-state index contributed by atoms with van der Waals surface area (Å²) >= 11 is 0. The van der Waals surface area contributed by atoms with Gasteiger partial charge >= 0.3 is 0 Å². The van der Waals surface area contributed by atoms with E-state index in [-0.39, 0.29) is 23.8 Å². The van der Waals surface area contributed by atoms with Crippen molar-refractivity contribution in [3.8, 4) is 5.75 Å². The van der Waals surface area contributed by atoms with Gasteiger partial charge in [0, 0.05) is 11.5 Å². The van der Waals surface area contributed by atoms with Crippen LogP contribution in [0.15, 0.2) is 24.3 Å². The predicted octanol–water partition coefficient (Wildman–Crippen LogP) is 1.89. The number of carbonyl (C=O) groups excluding carboxylic acids is 2. The molecule has 0 heterocycles. The van der Waals surface area contributed by atoms with Crippen LogP contribution < -0.4 is 15.6 Å². The Hall–Kier alpha value is -2.04. The molecule has 2 amide bonds. The van der Waals surface area contributed by atoms with Crippen molar-refractivity contribution in [2.75, 3.05) is 0 Å². The summed E-state index contributed by atoms with van der Waals surface area (Å²) in [4.78, 5) is 23.4. The lowest BCUT2D eigenvalue weighted by Gasteiger charge is -2.10. The zero-order valence-corrected chi connectivity index (χ0v) is 12.0. The molecule has 2 rings (SSSR count). The molecule has 2 N–H and O–H groups in total. The summed E-state index contributed by atoms with van der Waals surface area (Å²) in [6.45, 7) is 5.89. The van der Waals surface area contributed by atoms with Gasteiger partial charge in [0.25, 0.3) is 5.91 Å². The standard InChI is InChI=1S/C15H20N2O3/c1-9(2)20-12-6-4-11(5-7-12)14(18)16-17-15(19)13-8-10(13)3/h4-7,9-10,13H,8H2,1-3H3,(H,16,18)(H,17,19)/t10-,13+/m0/s1. The summed E-state index contributed by atoms with van der Waals surface area (Å²) < 4.78 is 5.50. The van der Waals surface area contributed by atoms with Gasteiger partial charge in [-0.2, -0.15) is 0 Å². The lowest BCUT2D eigenvalue weighted by molar-refractivity contribution is -0.123. The maximum Gasteiger partial charge on any atom is 0.269 e. The van der Waals surface area contributed by atoms with Gasteiger partial charge in [-0.1, -0.05) is 6.92 Å². The summed E-state index contributed by atoms with van der Waals surface area (Å²) in [5.41, 5.74) is 5.35. The smallest absolute Gasteiger partial charge is 0.269 e. The van der Waals surface area contributed by atoms with Crippen LogP contribution in [0.25, 0.3) is 0 Å². The Morgan fingerprint density at radius 2 is 1.80 bits per heavy atom.